The van der Waals surface area contributed by atoms with E-state index in [-0.39, 0.29) is 24.5 Å². The van der Waals surface area contributed by atoms with Crippen LogP contribution in [0.4, 0.5) is 0 Å². The molecule has 0 saturated carbocycles. The zero-order chi connectivity index (χ0) is 8.27. The number of hydrogen-bond donors (Lipinski definition) is 0. The Labute approximate surface area is 64.5 Å². The fourth-order valence-electron chi connectivity index (χ4n) is 0.907. The van der Waals surface area contributed by atoms with E-state index in [1.807, 2.05) is 0 Å². The number of carbonyl (C=O) groups excluding carboxylic acids is 2. The van der Waals surface area contributed by atoms with Gasteiger partial charge in [-0.3, -0.25) is 9.59 Å². The highest BCUT2D eigenvalue weighted by Crippen LogP contribution is 2.14. The number of carbonyl (C=O) groups is 2. The first-order valence-corrected chi connectivity index (χ1v) is 3.50. The molecule has 0 N–H and O–H groups in total. The van der Waals surface area contributed by atoms with Crippen LogP contribution in [0.1, 0.15) is 13.3 Å². The first-order valence-electron chi connectivity index (χ1n) is 3.50. The summed E-state index contributed by atoms with van der Waals surface area (Å²) in [5.41, 5.74) is 0. The van der Waals surface area contributed by atoms with Gasteiger partial charge < -0.3 is 9.47 Å². The van der Waals surface area contributed by atoms with Gasteiger partial charge in [-0.1, -0.05) is 0 Å². The van der Waals surface area contributed by atoms with Gasteiger partial charge in [0, 0.05) is 6.92 Å². The lowest BCUT2D eigenvalue weighted by molar-refractivity contribution is -0.147. The van der Waals surface area contributed by atoms with Crippen LogP contribution in [0, 0.1) is 5.92 Å². The van der Waals surface area contributed by atoms with Crippen molar-refractivity contribution in [3.05, 3.63) is 0 Å². The Morgan fingerprint density at radius 3 is 3.00 bits per heavy atom. The number of ether oxygens (including phenoxy) is 2. The van der Waals surface area contributed by atoms with Gasteiger partial charge >= 0.3 is 11.9 Å². The van der Waals surface area contributed by atoms with E-state index in [0.717, 1.165) is 0 Å². The molecular formula is C7H10O4. The van der Waals surface area contributed by atoms with Crippen molar-refractivity contribution in [3.63, 3.8) is 0 Å². The second-order valence-corrected chi connectivity index (χ2v) is 2.46. The number of esters is 2. The maximum atomic E-state index is 10.8. The summed E-state index contributed by atoms with van der Waals surface area (Å²) in [6, 6.07) is 0. The van der Waals surface area contributed by atoms with E-state index in [1.54, 1.807) is 0 Å². The van der Waals surface area contributed by atoms with Crippen molar-refractivity contribution >= 4 is 11.9 Å². The van der Waals surface area contributed by atoms with Crippen LogP contribution < -0.4 is 0 Å². The molecule has 1 aliphatic heterocycles. The molecule has 0 aromatic rings. The highest BCUT2D eigenvalue weighted by Gasteiger charge is 2.27. The molecule has 1 saturated heterocycles. The normalized spacial score (nSPS) is 23.0. The Balaban J connectivity index is 2.26. The van der Waals surface area contributed by atoms with Crippen LogP contribution in [-0.2, 0) is 19.1 Å². The summed E-state index contributed by atoms with van der Waals surface area (Å²) >= 11 is 0. The number of hydrogen-bond acceptors (Lipinski definition) is 4. The van der Waals surface area contributed by atoms with Gasteiger partial charge in [-0.05, 0) is 6.42 Å². The Bertz CT molecular complexity index is 175. The maximum Gasteiger partial charge on any atom is 0.312 e. The molecule has 4 heteroatoms. The summed E-state index contributed by atoms with van der Waals surface area (Å²) in [7, 11) is 0. The van der Waals surface area contributed by atoms with Crippen molar-refractivity contribution in [1.82, 2.24) is 0 Å². The average molecular weight is 158 g/mol. The smallest absolute Gasteiger partial charge is 0.312 e. The molecule has 1 aliphatic rings. The standard InChI is InChI=1S/C7H10O4/c1-5(8)11-4-6-2-3-10-7(6)9/h6H,2-4H2,1H3. The summed E-state index contributed by atoms with van der Waals surface area (Å²) in [5.74, 6) is -0.852. The molecule has 4 nitrogen and oxygen atoms in total. The van der Waals surface area contributed by atoms with Gasteiger partial charge in [0.2, 0.25) is 0 Å². The SMILES string of the molecule is CC(=O)OCC1CCOC1=O. The topological polar surface area (TPSA) is 52.6 Å². The van der Waals surface area contributed by atoms with E-state index >= 15 is 0 Å². The minimum atomic E-state index is -0.357. The van der Waals surface area contributed by atoms with E-state index in [9.17, 15) is 9.59 Å². The highest BCUT2D eigenvalue weighted by atomic mass is 16.6. The largest absolute Gasteiger partial charge is 0.465 e. The summed E-state index contributed by atoms with van der Waals surface area (Å²) < 4.78 is 9.32. The van der Waals surface area contributed by atoms with Gasteiger partial charge in [0.05, 0.1) is 12.5 Å². The van der Waals surface area contributed by atoms with Crippen molar-refractivity contribution in [2.75, 3.05) is 13.2 Å². The zero-order valence-corrected chi connectivity index (χ0v) is 6.33. The molecule has 0 spiro atoms. The molecule has 1 heterocycles. The molecular weight excluding hydrogens is 148 g/mol. The summed E-state index contributed by atoms with van der Waals surface area (Å²) in [6.45, 7) is 1.93. The van der Waals surface area contributed by atoms with Gasteiger partial charge in [-0.25, -0.2) is 0 Å². The van der Waals surface area contributed by atoms with Crippen molar-refractivity contribution in [3.8, 4) is 0 Å². The van der Waals surface area contributed by atoms with Crippen LogP contribution in [0.3, 0.4) is 0 Å². The third-order valence-electron chi connectivity index (χ3n) is 1.53. The molecule has 1 rings (SSSR count). The number of cyclic esters (lactones) is 1. The summed E-state index contributed by atoms with van der Waals surface area (Å²) in [4.78, 5) is 21.1. The minimum absolute atomic E-state index is 0.161. The van der Waals surface area contributed by atoms with E-state index < -0.39 is 0 Å². The van der Waals surface area contributed by atoms with Gasteiger partial charge in [0.1, 0.15) is 6.61 Å². The number of rotatable bonds is 2. The molecule has 1 atom stereocenters. The van der Waals surface area contributed by atoms with Gasteiger partial charge in [0.15, 0.2) is 0 Å². The lowest BCUT2D eigenvalue weighted by Crippen LogP contribution is -2.16. The summed E-state index contributed by atoms with van der Waals surface area (Å²) in [6.07, 6.45) is 0.659. The quantitative estimate of drug-likeness (QED) is 0.535. The summed E-state index contributed by atoms with van der Waals surface area (Å²) in [5, 5.41) is 0. The van der Waals surface area contributed by atoms with E-state index in [0.29, 0.717) is 13.0 Å². The Hall–Kier alpha value is -1.06. The molecule has 1 unspecified atom stereocenters. The third-order valence-corrected chi connectivity index (χ3v) is 1.53. The van der Waals surface area contributed by atoms with Gasteiger partial charge in [0.25, 0.3) is 0 Å². The lowest BCUT2D eigenvalue weighted by atomic mass is 10.1. The molecule has 0 aliphatic carbocycles. The molecule has 62 valence electrons. The predicted octanol–water partition coefficient (Wildman–Crippen LogP) is 0.113. The molecule has 0 aromatic heterocycles. The molecule has 0 radical (unpaired) electrons. The van der Waals surface area contributed by atoms with E-state index in [2.05, 4.69) is 9.47 Å². The molecule has 0 amide bonds. The van der Waals surface area contributed by atoms with Crippen LogP contribution in [0.15, 0.2) is 0 Å². The van der Waals surface area contributed by atoms with Crippen LogP contribution in [0.2, 0.25) is 0 Å². The van der Waals surface area contributed by atoms with Crippen LogP contribution in [-0.4, -0.2) is 25.2 Å². The highest BCUT2D eigenvalue weighted by molar-refractivity contribution is 5.74. The zero-order valence-electron chi connectivity index (χ0n) is 6.33. The monoisotopic (exact) mass is 158 g/mol. The lowest BCUT2D eigenvalue weighted by Gasteiger charge is -2.03. The van der Waals surface area contributed by atoms with Crippen LogP contribution in [0.25, 0.3) is 0 Å². The molecule has 1 fully saturated rings. The average Bonchev–Trinajstić information content (AvgIpc) is 2.31. The molecule has 0 aromatic carbocycles. The molecule has 0 bridgehead atoms. The van der Waals surface area contributed by atoms with Crippen molar-refractivity contribution in [1.29, 1.82) is 0 Å². The second kappa shape index (κ2) is 3.37. The predicted molar refractivity (Wildman–Crippen MR) is 35.7 cm³/mol. The van der Waals surface area contributed by atoms with E-state index in [1.165, 1.54) is 6.92 Å². The van der Waals surface area contributed by atoms with Crippen molar-refractivity contribution in [2.45, 2.75) is 13.3 Å². The second-order valence-electron chi connectivity index (χ2n) is 2.46. The van der Waals surface area contributed by atoms with Crippen molar-refractivity contribution < 1.29 is 19.1 Å². The minimum Gasteiger partial charge on any atom is -0.465 e. The molecule has 11 heavy (non-hydrogen) atoms. The Morgan fingerprint density at radius 2 is 2.55 bits per heavy atom. The Kier molecular flexibility index (Phi) is 2.46. The Morgan fingerprint density at radius 1 is 1.82 bits per heavy atom. The van der Waals surface area contributed by atoms with Crippen LogP contribution in [0.5, 0.6) is 0 Å². The first kappa shape index (κ1) is 8.04. The van der Waals surface area contributed by atoms with Crippen LogP contribution >= 0.6 is 0 Å². The third kappa shape index (κ3) is 2.22. The van der Waals surface area contributed by atoms with Gasteiger partial charge in [-0.2, -0.15) is 0 Å². The van der Waals surface area contributed by atoms with E-state index in [4.69, 9.17) is 0 Å². The fourth-order valence-corrected chi connectivity index (χ4v) is 0.907. The van der Waals surface area contributed by atoms with Crippen molar-refractivity contribution in [2.24, 2.45) is 5.92 Å². The maximum absolute atomic E-state index is 10.8. The first-order chi connectivity index (χ1) is 5.20. The van der Waals surface area contributed by atoms with Gasteiger partial charge in [-0.15, -0.1) is 0 Å². The fraction of sp³-hybridized carbons (Fsp3) is 0.714.